The number of halogens is 3. The second-order valence-corrected chi connectivity index (χ2v) is 13.6. The van der Waals surface area contributed by atoms with Gasteiger partial charge in [-0.2, -0.15) is 0 Å². The minimum Gasteiger partial charge on any atom is -0.103 e. The first-order valence-corrected chi connectivity index (χ1v) is 6.96. The SMILES string of the molecule is Cl[SH]1(Cl)(Cl)CC1. The van der Waals surface area contributed by atoms with Gasteiger partial charge in [-0.25, -0.2) is 0 Å². The fourth-order valence-electron chi connectivity index (χ4n) is 0.113. The van der Waals surface area contributed by atoms with Gasteiger partial charge in [-0.1, -0.05) is 32.0 Å². The van der Waals surface area contributed by atoms with Gasteiger partial charge in [-0.15, -0.1) is 6.80 Å². The van der Waals surface area contributed by atoms with Crippen molar-refractivity contribution in [3.63, 3.8) is 0 Å². The lowest BCUT2D eigenvalue weighted by molar-refractivity contribution is 1.75. The van der Waals surface area contributed by atoms with Crippen LogP contribution in [0.25, 0.3) is 0 Å². The normalized spacial score (nSPS) is 42.8. The Bertz CT molecular complexity index is 72.5. The molecule has 0 bridgehead atoms. The van der Waals surface area contributed by atoms with Gasteiger partial charge >= 0.3 is 0 Å². The standard InChI is InChI=1S/C2H5Cl3S/c3-6(4,5)1-2-6/h6H,1-2H2. The van der Waals surface area contributed by atoms with Gasteiger partial charge in [-0.05, 0) is 0 Å². The monoisotopic (exact) mass is 166 g/mol. The van der Waals surface area contributed by atoms with Crippen molar-refractivity contribution in [2.24, 2.45) is 0 Å². The third-order valence-corrected chi connectivity index (χ3v) is 5.23. The number of rotatable bonds is 0. The highest BCUT2D eigenvalue weighted by Gasteiger charge is 2.46. The molecule has 6 heavy (non-hydrogen) atoms. The summed E-state index contributed by atoms with van der Waals surface area (Å²) < 4.78 is 0. The first-order chi connectivity index (χ1) is 2.47. The topological polar surface area (TPSA) is 0 Å². The van der Waals surface area contributed by atoms with Crippen molar-refractivity contribution in [1.82, 2.24) is 0 Å². The lowest BCUT2D eigenvalue weighted by Gasteiger charge is -2.16. The predicted molar refractivity (Wildman–Crippen MR) is 36.3 cm³/mol. The molecule has 1 rings (SSSR count). The molecule has 1 aliphatic rings. The van der Waals surface area contributed by atoms with Crippen LogP contribution in [-0.2, 0) is 0 Å². The van der Waals surface area contributed by atoms with Gasteiger partial charge in [0.05, 0.1) is 0 Å². The molecule has 0 N–H and O–H groups in total. The second kappa shape index (κ2) is 0.970. The molecule has 0 nitrogen and oxygen atoms in total. The van der Waals surface area contributed by atoms with Crippen molar-refractivity contribution in [2.45, 2.75) is 0 Å². The van der Waals surface area contributed by atoms with E-state index in [2.05, 4.69) is 0 Å². The van der Waals surface area contributed by atoms with Crippen LogP contribution in [0, 0.1) is 0 Å². The lowest BCUT2D eigenvalue weighted by atomic mass is 11.0. The first kappa shape index (κ1) is 5.36. The average Bonchev–Trinajstić information content (AvgIpc) is 1.73. The maximum absolute atomic E-state index is 5.56. The van der Waals surface area contributed by atoms with Gasteiger partial charge in [0.2, 0.25) is 0 Å². The number of hydrogen-bond donors (Lipinski definition) is 1. The molecule has 0 aromatic carbocycles. The average molecular weight is 167 g/mol. The summed E-state index contributed by atoms with van der Waals surface area (Å²) in [7, 11) is 16.7. The second-order valence-electron chi connectivity index (χ2n) is 1.58. The van der Waals surface area contributed by atoms with E-state index in [-0.39, 0.29) is 0 Å². The Morgan fingerprint density at radius 3 is 1.17 bits per heavy atom. The molecule has 0 aromatic heterocycles. The molecule has 0 saturated carbocycles. The van der Waals surface area contributed by atoms with Crippen LogP contribution >= 0.6 is 38.8 Å². The van der Waals surface area contributed by atoms with Gasteiger partial charge < -0.3 is 0 Å². The van der Waals surface area contributed by atoms with Crippen molar-refractivity contribution >= 4 is 38.8 Å². The van der Waals surface area contributed by atoms with Gasteiger partial charge in [0.15, 0.2) is 0 Å². The Kier molecular flexibility index (Phi) is 0.866. The molecule has 0 atom stereocenters. The molecule has 4 heteroatoms. The Morgan fingerprint density at radius 2 is 1.17 bits per heavy atom. The smallest absolute Gasteiger partial charge is 0.00612 e. The van der Waals surface area contributed by atoms with E-state index < -0.39 is 6.80 Å². The minimum absolute atomic E-state index is 0.844. The largest absolute Gasteiger partial charge is 0.103 e. The number of hydrogen-bond acceptors (Lipinski definition) is 0. The minimum atomic E-state index is -2.38. The molecule has 0 aromatic rings. The van der Waals surface area contributed by atoms with E-state index in [4.69, 9.17) is 32.0 Å². The molecule has 0 amide bonds. The summed E-state index contributed by atoms with van der Waals surface area (Å²) in [4.78, 5) is 0. The summed E-state index contributed by atoms with van der Waals surface area (Å²) in [6.07, 6.45) is 0. The first-order valence-electron chi connectivity index (χ1n) is 1.64. The van der Waals surface area contributed by atoms with E-state index >= 15 is 0 Å². The van der Waals surface area contributed by atoms with E-state index in [0.29, 0.717) is 0 Å². The molecule has 0 unspecified atom stereocenters. The van der Waals surface area contributed by atoms with Crippen molar-refractivity contribution in [2.75, 3.05) is 11.5 Å². The lowest BCUT2D eigenvalue weighted by Crippen LogP contribution is -1.55. The zero-order chi connectivity index (χ0) is 4.86. The van der Waals surface area contributed by atoms with Gasteiger partial charge in [0.25, 0.3) is 0 Å². The maximum Gasteiger partial charge on any atom is 0.00612 e. The fraction of sp³-hybridized carbons (Fsp3) is 1.00. The van der Waals surface area contributed by atoms with Crippen molar-refractivity contribution in [3.8, 4) is 0 Å². The van der Waals surface area contributed by atoms with Crippen LogP contribution in [0.1, 0.15) is 0 Å². The van der Waals surface area contributed by atoms with E-state index in [1.165, 1.54) is 0 Å². The highest BCUT2D eigenvalue weighted by Crippen LogP contribution is 2.93. The van der Waals surface area contributed by atoms with E-state index in [1.54, 1.807) is 0 Å². The Morgan fingerprint density at radius 1 is 1.00 bits per heavy atom. The Hall–Kier alpha value is 1.22. The molecule has 0 spiro atoms. The van der Waals surface area contributed by atoms with Crippen LogP contribution in [-0.4, -0.2) is 11.5 Å². The van der Waals surface area contributed by atoms with Crippen molar-refractivity contribution < 1.29 is 0 Å². The molecule has 0 aliphatic carbocycles. The third-order valence-electron chi connectivity index (χ3n) is 0.731. The molecule has 1 aliphatic heterocycles. The highest BCUT2D eigenvalue weighted by atomic mass is 36.2. The van der Waals surface area contributed by atoms with Gasteiger partial charge in [0, 0.05) is 11.5 Å². The highest BCUT2D eigenvalue weighted by molar-refractivity contribution is 8.95. The summed E-state index contributed by atoms with van der Waals surface area (Å²) in [5.74, 6) is 1.69. The fourth-order valence-corrected chi connectivity index (χ4v) is 3.06. The van der Waals surface area contributed by atoms with Crippen LogP contribution in [0.15, 0.2) is 0 Å². The van der Waals surface area contributed by atoms with E-state index in [0.717, 1.165) is 11.5 Å². The van der Waals surface area contributed by atoms with E-state index in [1.807, 2.05) is 0 Å². The molecular weight excluding hydrogens is 162 g/mol. The maximum atomic E-state index is 5.56. The molecular formula is C2H5Cl3S. The van der Waals surface area contributed by atoms with Crippen molar-refractivity contribution in [1.29, 1.82) is 0 Å². The summed E-state index contributed by atoms with van der Waals surface area (Å²) in [5, 5.41) is 0. The van der Waals surface area contributed by atoms with Gasteiger partial charge in [0.1, 0.15) is 0 Å². The van der Waals surface area contributed by atoms with Crippen LogP contribution in [0.2, 0.25) is 0 Å². The van der Waals surface area contributed by atoms with E-state index in [9.17, 15) is 0 Å². The summed E-state index contributed by atoms with van der Waals surface area (Å²) in [5.41, 5.74) is 0. The molecule has 1 fully saturated rings. The zero-order valence-corrected chi connectivity index (χ0v) is 6.16. The summed E-state index contributed by atoms with van der Waals surface area (Å²) >= 11 is 0. The van der Waals surface area contributed by atoms with Gasteiger partial charge in [-0.3, -0.25) is 0 Å². The summed E-state index contributed by atoms with van der Waals surface area (Å²) in [6, 6.07) is 0. The van der Waals surface area contributed by atoms with Crippen molar-refractivity contribution in [3.05, 3.63) is 0 Å². The molecule has 1 saturated heterocycles. The summed E-state index contributed by atoms with van der Waals surface area (Å²) in [6.45, 7) is -2.38. The quantitative estimate of drug-likeness (QED) is 0.416. The molecule has 1 heterocycles. The number of thiol groups is 1. The third kappa shape index (κ3) is 1.38. The van der Waals surface area contributed by atoms with Crippen LogP contribution in [0.3, 0.4) is 0 Å². The van der Waals surface area contributed by atoms with Crippen LogP contribution in [0.5, 0.6) is 0 Å². The van der Waals surface area contributed by atoms with Crippen LogP contribution < -0.4 is 0 Å². The molecule has 0 radical (unpaired) electrons. The zero-order valence-electron chi connectivity index (χ0n) is 3.00. The molecule has 40 valence electrons. The Labute approximate surface area is 50.5 Å². The van der Waals surface area contributed by atoms with Crippen LogP contribution in [0.4, 0.5) is 0 Å². The predicted octanol–water partition coefficient (Wildman–Crippen LogP) is 2.53. The Balaban J connectivity index is 2.67.